The van der Waals surface area contributed by atoms with E-state index >= 15 is 0 Å². The van der Waals surface area contributed by atoms with E-state index in [2.05, 4.69) is 23.6 Å². The average molecular weight is 369 g/mol. The first kappa shape index (κ1) is 20.1. The SMILES string of the molecule is CCOC(=O)C1CCC(O[C@@H](N2CCCC2)N2C[C@H](C)O[C@@H](C)C2)CC1. The molecule has 0 aromatic rings. The number of hydrogen-bond donors (Lipinski definition) is 0. The number of likely N-dealkylation sites (tertiary alicyclic amines) is 1. The van der Waals surface area contributed by atoms with Gasteiger partial charge >= 0.3 is 5.97 Å². The number of rotatable bonds is 6. The van der Waals surface area contributed by atoms with Crippen LogP contribution in [0.5, 0.6) is 0 Å². The van der Waals surface area contributed by atoms with Crippen molar-refractivity contribution in [2.45, 2.75) is 84.0 Å². The second-order valence-corrected chi connectivity index (χ2v) is 8.14. The van der Waals surface area contributed by atoms with Crippen molar-refractivity contribution in [1.29, 1.82) is 0 Å². The maximum absolute atomic E-state index is 12.0. The first-order valence-electron chi connectivity index (χ1n) is 10.5. The lowest BCUT2D eigenvalue weighted by atomic mass is 9.87. The third-order valence-electron chi connectivity index (χ3n) is 5.82. The molecule has 0 amide bonds. The van der Waals surface area contributed by atoms with Gasteiger partial charge in [-0.1, -0.05) is 0 Å². The molecule has 0 aromatic carbocycles. The molecule has 2 heterocycles. The Morgan fingerprint density at radius 3 is 2.23 bits per heavy atom. The standard InChI is InChI=1S/C20H36N2O4/c1-4-24-19(23)17-7-9-18(10-8-17)26-20(21-11-5-6-12-21)22-13-15(2)25-16(3)14-22/h15-18,20H,4-14H2,1-3H3/t15-,16-,17?,18?,20-/m0/s1. The van der Waals surface area contributed by atoms with Crippen molar-refractivity contribution in [1.82, 2.24) is 9.80 Å². The summed E-state index contributed by atoms with van der Waals surface area (Å²) in [7, 11) is 0. The number of carbonyl (C=O) groups is 1. The number of ether oxygens (including phenoxy) is 3. The molecule has 2 saturated heterocycles. The van der Waals surface area contributed by atoms with Crippen molar-refractivity contribution < 1.29 is 19.0 Å². The van der Waals surface area contributed by atoms with Crippen LogP contribution < -0.4 is 0 Å². The Kier molecular flexibility index (Phi) is 7.32. The first-order chi connectivity index (χ1) is 12.6. The summed E-state index contributed by atoms with van der Waals surface area (Å²) in [6.45, 7) is 10.7. The van der Waals surface area contributed by atoms with Crippen LogP contribution >= 0.6 is 0 Å². The van der Waals surface area contributed by atoms with E-state index in [1.165, 1.54) is 12.8 Å². The molecule has 0 N–H and O–H groups in total. The van der Waals surface area contributed by atoms with E-state index in [-0.39, 0.29) is 36.6 Å². The van der Waals surface area contributed by atoms with E-state index in [0.717, 1.165) is 51.9 Å². The van der Waals surface area contributed by atoms with Crippen LogP contribution in [0, 0.1) is 5.92 Å². The minimum absolute atomic E-state index is 0.0297. The fourth-order valence-corrected chi connectivity index (χ4v) is 4.63. The van der Waals surface area contributed by atoms with Gasteiger partial charge in [-0.3, -0.25) is 14.6 Å². The zero-order valence-electron chi connectivity index (χ0n) is 16.7. The van der Waals surface area contributed by atoms with Crippen molar-refractivity contribution in [3.63, 3.8) is 0 Å². The summed E-state index contributed by atoms with van der Waals surface area (Å²) in [6.07, 6.45) is 6.94. The fourth-order valence-electron chi connectivity index (χ4n) is 4.63. The van der Waals surface area contributed by atoms with E-state index in [1.807, 2.05) is 6.92 Å². The normalized spacial score (nSPS) is 35.3. The third kappa shape index (κ3) is 5.18. The molecule has 3 atom stereocenters. The van der Waals surface area contributed by atoms with Crippen LogP contribution in [-0.4, -0.2) is 73.2 Å². The molecule has 3 aliphatic rings. The largest absolute Gasteiger partial charge is 0.466 e. The summed E-state index contributed by atoms with van der Waals surface area (Å²) in [6, 6.07) is 0. The molecule has 150 valence electrons. The predicted molar refractivity (Wildman–Crippen MR) is 99.6 cm³/mol. The van der Waals surface area contributed by atoms with Crippen LogP contribution in [0.1, 0.15) is 59.3 Å². The minimum Gasteiger partial charge on any atom is -0.466 e. The van der Waals surface area contributed by atoms with Gasteiger partial charge in [-0.2, -0.15) is 0 Å². The van der Waals surface area contributed by atoms with Gasteiger partial charge in [0, 0.05) is 26.2 Å². The fraction of sp³-hybridized carbons (Fsp3) is 0.950. The minimum atomic E-state index is -0.0297. The van der Waals surface area contributed by atoms with Crippen LogP contribution in [0.25, 0.3) is 0 Å². The molecule has 3 rings (SSSR count). The van der Waals surface area contributed by atoms with E-state index in [4.69, 9.17) is 14.2 Å². The van der Waals surface area contributed by atoms with Gasteiger partial charge in [0.05, 0.1) is 30.8 Å². The lowest BCUT2D eigenvalue weighted by molar-refractivity contribution is -0.215. The van der Waals surface area contributed by atoms with Gasteiger partial charge in [0.1, 0.15) is 0 Å². The lowest BCUT2D eigenvalue weighted by Crippen LogP contribution is -2.57. The second-order valence-electron chi connectivity index (χ2n) is 8.14. The molecule has 1 saturated carbocycles. The van der Waals surface area contributed by atoms with Gasteiger partial charge in [0.2, 0.25) is 0 Å². The van der Waals surface area contributed by atoms with Crippen molar-refractivity contribution in [3.8, 4) is 0 Å². The van der Waals surface area contributed by atoms with Crippen LogP contribution in [0.4, 0.5) is 0 Å². The molecular weight excluding hydrogens is 332 g/mol. The number of carbonyl (C=O) groups excluding carboxylic acids is 1. The number of hydrogen-bond acceptors (Lipinski definition) is 6. The van der Waals surface area contributed by atoms with Gasteiger partial charge < -0.3 is 14.2 Å². The quantitative estimate of drug-likeness (QED) is 0.672. The van der Waals surface area contributed by atoms with E-state index in [0.29, 0.717) is 6.61 Å². The number of nitrogens with zero attached hydrogens (tertiary/aromatic N) is 2. The summed E-state index contributed by atoms with van der Waals surface area (Å²) >= 11 is 0. The van der Waals surface area contributed by atoms with E-state index in [1.54, 1.807) is 0 Å². The Labute approximate surface area is 158 Å². The molecular formula is C20H36N2O4. The summed E-state index contributed by atoms with van der Waals surface area (Å²) in [5.74, 6) is 0.0290. The lowest BCUT2D eigenvalue weighted by Gasteiger charge is -2.44. The summed E-state index contributed by atoms with van der Waals surface area (Å²) in [5, 5.41) is 0. The highest BCUT2D eigenvalue weighted by atomic mass is 16.5. The molecule has 1 aliphatic carbocycles. The summed E-state index contributed by atoms with van der Waals surface area (Å²) in [4.78, 5) is 16.9. The highest BCUT2D eigenvalue weighted by molar-refractivity contribution is 5.72. The smallest absolute Gasteiger partial charge is 0.308 e. The van der Waals surface area contributed by atoms with Crippen LogP contribution in [0.15, 0.2) is 0 Å². The summed E-state index contributed by atoms with van der Waals surface area (Å²) < 4.78 is 17.7. The van der Waals surface area contributed by atoms with Crippen molar-refractivity contribution in [2.24, 2.45) is 5.92 Å². The van der Waals surface area contributed by atoms with Gasteiger partial charge in [0.25, 0.3) is 0 Å². The van der Waals surface area contributed by atoms with Crippen molar-refractivity contribution >= 4 is 5.97 Å². The average Bonchev–Trinajstić information content (AvgIpc) is 3.14. The van der Waals surface area contributed by atoms with Crippen LogP contribution in [-0.2, 0) is 19.0 Å². The first-order valence-corrected chi connectivity index (χ1v) is 10.5. The molecule has 26 heavy (non-hydrogen) atoms. The Hall–Kier alpha value is -0.690. The second kappa shape index (κ2) is 9.49. The molecule has 6 nitrogen and oxygen atoms in total. The zero-order chi connectivity index (χ0) is 18.5. The monoisotopic (exact) mass is 368 g/mol. The molecule has 6 heteroatoms. The molecule has 0 aromatic heterocycles. The van der Waals surface area contributed by atoms with Gasteiger partial charge in [-0.15, -0.1) is 0 Å². The molecule has 2 aliphatic heterocycles. The van der Waals surface area contributed by atoms with Crippen LogP contribution in [0.2, 0.25) is 0 Å². The van der Waals surface area contributed by atoms with E-state index < -0.39 is 0 Å². The van der Waals surface area contributed by atoms with Gasteiger partial charge in [-0.05, 0) is 59.3 Å². The van der Waals surface area contributed by atoms with Crippen LogP contribution in [0.3, 0.4) is 0 Å². The Bertz CT molecular complexity index is 437. The zero-order valence-corrected chi connectivity index (χ0v) is 16.7. The molecule has 0 unspecified atom stereocenters. The summed E-state index contributed by atoms with van der Waals surface area (Å²) in [5.41, 5.74) is 0. The molecule has 0 spiro atoms. The molecule has 0 radical (unpaired) electrons. The Morgan fingerprint density at radius 2 is 1.65 bits per heavy atom. The van der Waals surface area contributed by atoms with Gasteiger partial charge in [0.15, 0.2) is 6.35 Å². The molecule has 0 bridgehead atoms. The topological polar surface area (TPSA) is 51.2 Å². The van der Waals surface area contributed by atoms with Crippen molar-refractivity contribution in [3.05, 3.63) is 0 Å². The highest BCUT2D eigenvalue weighted by Gasteiger charge is 2.36. The maximum atomic E-state index is 12.0. The number of morpholine rings is 1. The maximum Gasteiger partial charge on any atom is 0.308 e. The van der Waals surface area contributed by atoms with E-state index in [9.17, 15) is 4.79 Å². The van der Waals surface area contributed by atoms with Gasteiger partial charge in [-0.25, -0.2) is 0 Å². The van der Waals surface area contributed by atoms with Crippen molar-refractivity contribution in [2.75, 3.05) is 32.8 Å². The highest BCUT2D eigenvalue weighted by Crippen LogP contribution is 2.30. The molecule has 3 fully saturated rings. The third-order valence-corrected chi connectivity index (χ3v) is 5.82. The predicted octanol–water partition coefficient (Wildman–Crippen LogP) is 2.61. The Morgan fingerprint density at radius 1 is 1.04 bits per heavy atom. The number of esters is 1. The Balaban J connectivity index is 1.57.